The van der Waals surface area contributed by atoms with E-state index in [0.717, 1.165) is 0 Å². The second-order valence-electron chi connectivity index (χ2n) is 5.72. The lowest BCUT2D eigenvalue weighted by atomic mass is 9.88. The van der Waals surface area contributed by atoms with Crippen LogP contribution in [0.15, 0.2) is 60.7 Å². The number of hydrazine groups is 1. The van der Waals surface area contributed by atoms with Crippen molar-refractivity contribution in [2.75, 3.05) is 13.1 Å². The highest BCUT2D eigenvalue weighted by molar-refractivity contribution is 5.27. The monoisotopic (exact) mass is 282 g/mol. The standard InChI is InChI=1S/C18H22N2O/c1-14(15-8-4-2-5-9-15)18(16-10-6-3-7-11-16)20-13-17(21)12-19-20/h2-11,14,17-19,21H,12-13H2,1H3. The van der Waals surface area contributed by atoms with Gasteiger partial charge >= 0.3 is 0 Å². The SMILES string of the molecule is CC(c1ccccc1)C(c1ccccc1)N1CC(O)CN1. The van der Waals surface area contributed by atoms with Crippen molar-refractivity contribution >= 4 is 0 Å². The highest BCUT2D eigenvalue weighted by Gasteiger charge is 2.32. The maximum Gasteiger partial charge on any atom is 0.0819 e. The second-order valence-corrected chi connectivity index (χ2v) is 5.72. The third-order valence-corrected chi connectivity index (χ3v) is 4.21. The smallest absolute Gasteiger partial charge is 0.0819 e. The van der Waals surface area contributed by atoms with Gasteiger partial charge in [0.1, 0.15) is 0 Å². The Kier molecular flexibility index (Phi) is 4.34. The number of benzene rings is 2. The van der Waals surface area contributed by atoms with Crippen LogP contribution >= 0.6 is 0 Å². The topological polar surface area (TPSA) is 35.5 Å². The Morgan fingerprint density at radius 1 is 1.00 bits per heavy atom. The van der Waals surface area contributed by atoms with Gasteiger partial charge in [-0.1, -0.05) is 67.6 Å². The van der Waals surface area contributed by atoms with Gasteiger partial charge in [-0.15, -0.1) is 0 Å². The minimum Gasteiger partial charge on any atom is -0.390 e. The van der Waals surface area contributed by atoms with Crippen LogP contribution in [0.5, 0.6) is 0 Å². The van der Waals surface area contributed by atoms with Gasteiger partial charge in [0.25, 0.3) is 0 Å². The minimum atomic E-state index is -0.292. The van der Waals surface area contributed by atoms with Crippen molar-refractivity contribution in [3.8, 4) is 0 Å². The molecule has 3 nitrogen and oxygen atoms in total. The molecule has 3 heteroatoms. The lowest BCUT2D eigenvalue weighted by Gasteiger charge is -2.33. The quantitative estimate of drug-likeness (QED) is 0.905. The van der Waals surface area contributed by atoms with E-state index in [1.54, 1.807) is 0 Å². The molecule has 21 heavy (non-hydrogen) atoms. The Bertz CT molecular complexity index is 558. The number of nitrogens with one attached hydrogen (secondary N) is 1. The first-order chi connectivity index (χ1) is 10.3. The molecule has 2 N–H and O–H groups in total. The van der Waals surface area contributed by atoms with E-state index in [1.165, 1.54) is 11.1 Å². The molecule has 0 aliphatic carbocycles. The number of rotatable bonds is 4. The Labute approximate surface area is 126 Å². The number of hydrogen-bond acceptors (Lipinski definition) is 3. The van der Waals surface area contributed by atoms with Crippen LogP contribution in [0.4, 0.5) is 0 Å². The third-order valence-electron chi connectivity index (χ3n) is 4.21. The number of hydrogen-bond donors (Lipinski definition) is 2. The lowest BCUT2D eigenvalue weighted by molar-refractivity contribution is 0.129. The minimum absolute atomic E-state index is 0.214. The summed E-state index contributed by atoms with van der Waals surface area (Å²) in [4.78, 5) is 0. The van der Waals surface area contributed by atoms with E-state index < -0.39 is 0 Å². The van der Waals surface area contributed by atoms with E-state index in [2.05, 4.69) is 65.9 Å². The molecule has 110 valence electrons. The van der Waals surface area contributed by atoms with E-state index in [4.69, 9.17) is 0 Å². The van der Waals surface area contributed by atoms with Crippen LogP contribution in [-0.4, -0.2) is 29.3 Å². The molecule has 1 fully saturated rings. The molecule has 3 atom stereocenters. The first kappa shape index (κ1) is 14.3. The van der Waals surface area contributed by atoms with Gasteiger partial charge < -0.3 is 5.11 Å². The molecule has 0 saturated carbocycles. The Morgan fingerprint density at radius 3 is 2.10 bits per heavy atom. The van der Waals surface area contributed by atoms with Gasteiger partial charge in [0.15, 0.2) is 0 Å². The largest absolute Gasteiger partial charge is 0.390 e. The summed E-state index contributed by atoms with van der Waals surface area (Å²) in [5.41, 5.74) is 5.93. The Balaban J connectivity index is 1.92. The van der Waals surface area contributed by atoms with Crippen LogP contribution in [-0.2, 0) is 0 Å². The van der Waals surface area contributed by atoms with E-state index >= 15 is 0 Å². The summed E-state index contributed by atoms with van der Waals surface area (Å²) in [7, 11) is 0. The van der Waals surface area contributed by atoms with Crippen molar-refractivity contribution in [2.45, 2.75) is 25.0 Å². The molecule has 0 radical (unpaired) electrons. The van der Waals surface area contributed by atoms with Gasteiger partial charge in [0, 0.05) is 19.0 Å². The van der Waals surface area contributed by atoms with Crippen LogP contribution < -0.4 is 5.43 Å². The zero-order valence-corrected chi connectivity index (χ0v) is 12.3. The maximum atomic E-state index is 9.84. The van der Waals surface area contributed by atoms with Crippen LogP contribution in [0, 0.1) is 0 Å². The lowest BCUT2D eigenvalue weighted by Crippen LogP contribution is -2.37. The molecular formula is C18H22N2O. The molecule has 0 bridgehead atoms. The number of aliphatic hydroxyl groups excluding tert-OH is 1. The van der Waals surface area contributed by atoms with Gasteiger partial charge in [-0.3, -0.25) is 5.43 Å². The van der Waals surface area contributed by atoms with Crippen molar-refractivity contribution in [1.82, 2.24) is 10.4 Å². The van der Waals surface area contributed by atoms with E-state index in [1.807, 2.05) is 12.1 Å². The van der Waals surface area contributed by atoms with Gasteiger partial charge in [-0.2, -0.15) is 0 Å². The van der Waals surface area contributed by atoms with Gasteiger partial charge in [-0.05, 0) is 11.1 Å². The van der Waals surface area contributed by atoms with Crippen molar-refractivity contribution in [2.24, 2.45) is 0 Å². The number of nitrogens with zero attached hydrogens (tertiary/aromatic N) is 1. The normalized spacial score (nSPS) is 22.1. The summed E-state index contributed by atoms with van der Waals surface area (Å²) < 4.78 is 0. The maximum absolute atomic E-state index is 9.84. The molecule has 2 aromatic carbocycles. The van der Waals surface area contributed by atoms with Crippen molar-refractivity contribution in [3.63, 3.8) is 0 Å². The molecule has 0 spiro atoms. The molecule has 1 heterocycles. The van der Waals surface area contributed by atoms with E-state index in [-0.39, 0.29) is 12.1 Å². The molecule has 3 unspecified atom stereocenters. The fourth-order valence-corrected chi connectivity index (χ4v) is 3.12. The van der Waals surface area contributed by atoms with Gasteiger partial charge in [0.2, 0.25) is 0 Å². The first-order valence-electron chi connectivity index (χ1n) is 7.54. The average Bonchev–Trinajstić information content (AvgIpc) is 2.95. The predicted octanol–water partition coefficient (Wildman–Crippen LogP) is 2.71. The molecule has 1 aliphatic heterocycles. The highest BCUT2D eigenvalue weighted by Crippen LogP contribution is 2.35. The number of β-amino-alcohol motifs (C(OH)–C–C–N with tert-alkyl or cyclic N) is 1. The molecule has 3 rings (SSSR count). The Morgan fingerprint density at radius 2 is 1.57 bits per heavy atom. The van der Waals surface area contributed by atoms with Crippen molar-refractivity contribution in [3.05, 3.63) is 71.8 Å². The van der Waals surface area contributed by atoms with Crippen LogP contribution in [0.2, 0.25) is 0 Å². The predicted molar refractivity (Wildman–Crippen MR) is 84.8 cm³/mol. The average molecular weight is 282 g/mol. The van der Waals surface area contributed by atoms with Crippen molar-refractivity contribution in [1.29, 1.82) is 0 Å². The fourth-order valence-electron chi connectivity index (χ4n) is 3.12. The Hall–Kier alpha value is -1.68. The van der Waals surface area contributed by atoms with E-state index in [9.17, 15) is 5.11 Å². The fraction of sp³-hybridized carbons (Fsp3) is 0.333. The summed E-state index contributed by atoms with van der Waals surface area (Å²) in [6.07, 6.45) is -0.292. The number of aliphatic hydroxyl groups is 1. The van der Waals surface area contributed by atoms with Crippen LogP contribution in [0.25, 0.3) is 0 Å². The second kappa shape index (κ2) is 6.39. The summed E-state index contributed by atoms with van der Waals surface area (Å²) in [6.45, 7) is 3.54. The summed E-state index contributed by atoms with van der Waals surface area (Å²) >= 11 is 0. The van der Waals surface area contributed by atoms with E-state index in [0.29, 0.717) is 19.0 Å². The van der Waals surface area contributed by atoms with Gasteiger partial charge in [-0.25, -0.2) is 5.01 Å². The molecular weight excluding hydrogens is 260 g/mol. The molecule has 1 aliphatic rings. The zero-order chi connectivity index (χ0) is 14.7. The summed E-state index contributed by atoms with van der Waals surface area (Å²) in [5.74, 6) is 0.339. The molecule has 0 aromatic heterocycles. The van der Waals surface area contributed by atoms with Crippen LogP contribution in [0.1, 0.15) is 30.0 Å². The summed E-state index contributed by atoms with van der Waals surface area (Å²) in [5, 5.41) is 12.0. The zero-order valence-electron chi connectivity index (χ0n) is 12.3. The summed E-state index contributed by atoms with van der Waals surface area (Å²) in [6, 6.07) is 21.3. The first-order valence-corrected chi connectivity index (χ1v) is 7.54. The van der Waals surface area contributed by atoms with Gasteiger partial charge in [0.05, 0.1) is 12.1 Å². The van der Waals surface area contributed by atoms with Crippen LogP contribution in [0.3, 0.4) is 0 Å². The molecule has 0 amide bonds. The molecule has 1 saturated heterocycles. The third kappa shape index (κ3) is 3.16. The highest BCUT2D eigenvalue weighted by atomic mass is 16.3. The molecule has 2 aromatic rings. The van der Waals surface area contributed by atoms with Crippen molar-refractivity contribution < 1.29 is 5.11 Å².